The molecule has 0 bridgehead atoms. The third kappa shape index (κ3) is 3.32. The van der Waals surface area contributed by atoms with Crippen molar-refractivity contribution in [1.29, 1.82) is 0 Å². The number of pyridine rings is 1. The standard InChI is InChI=1S/C17H14FN3O5/c18-11-7-9(26-10-3-6-20-13(8-10)14(19)22)1-2-12(11)21-15(23)17(4-5-17)16(24)25/h1-3,6-8H,4-5H2,(H2,19,22)(H,21,23)(H,24,25). The number of nitrogens with one attached hydrogen (secondary N) is 1. The van der Waals surface area contributed by atoms with Gasteiger partial charge < -0.3 is 20.9 Å². The number of halogens is 1. The molecule has 0 radical (unpaired) electrons. The van der Waals surface area contributed by atoms with E-state index in [-0.39, 0.29) is 35.7 Å². The van der Waals surface area contributed by atoms with Crippen LogP contribution in [0, 0.1) is 11.2 Å². The number of anilines is 1. The molecule has 134 valence electrons. The Hall–Kier alpha value is -3.49. The Bertz CT molecular complexity index is 911. The minimum absolute atomic E-state index is 0.00439. The number of carbonyl (C=O) groups is 3. The van der Waals surface area contributed by atoms with Crippen molar-refractivity contribution in [2.24, 2.45) is 11.1 Å². The Morgan fingerprint density at radius 1 is 1.19 bits per heavy atom. The highest BCUT2D eigenvalue weighted by atomic mass is 19.1. The van der Waals surface area contributed by atoms with Crippen molar-refractivity contribution in [1.82, 2.24) is 4.98 Å². The maximum absolute atomic E-state index is 14.2. The predicted octanol–water partition coefficient (Wildman–Crippen LogP) is 1.92. The summed E-state index contributed by atoms with van der Waals surface area (Å²) >= 11 is 0. The molecule has 1 aromatic carbocycles. The van der Waals surface area contributed by atoms with E-state index in [1.54, 1.807) is 0 Å². The molecular weight excluding hydrogens is 345 g/mol. The normalized spacial score (nSPS) is 14.3. The van der Waals surface area contributed by atoms with Gasteiger partial charge in [0.1, 0.15) is 28.4 Å². The fourth-order valence-corrected chi connectivity index (χ4v) is 2.31. The van der Waals surface area contributed by atoms with Crippen LogP contribution in [0.4, 0.5) is 10.1 Å². The highest BCUT2D eigenvalue weighted by Crippen LogP contribution is 2.47. The van der Waals surface area contributed by atoms with Crippen LogP contribution in [0.3, 0.4) is 0 Å². The fourth-order valence-electron chi connectivity index (χ4n) is 2.31. The van der Waals surface area contributed by atoms with E-state index in [4.69, 9.17) is 15.6 Å². The molecule has 8 nitrogen and oxygen atoms in total. The van der Waals surface area contributed by atoms with E-state index in [0.717, 1.165) is 6.07 Å². The smallest absolute Gasteiger partial charge is 0.319 e. The Balaban J connectivity index is 1.74. The minimum Gasteiger partial charge on any atom is -0.480 e. The highest BCUT2D eigenvalue weighted by Gasteiger charge is 2.57. The number of carboxylic acids is 1. The van der Waals surface area contributed by atoms with E-state index in [9.17, 15) is 18.8 Å². The molecule has 1 saturated carbocycles. The van der Waals surface area contributed by atoms with Gasteiger partial charge in [0.15, 0.2) is 0 Å². The SMILES string of the molecule is NC(=O)c1cc(Oc2ccc(NC(=O)C3(C(=O)O)CC3)c(F)c2)ccn1. The fraction of sp³-hybridized carbons (Fsp3) is 0.176. The second-order valence-electron chi connectivity index (χ2n) is 5.83. The molecule has 1 aromatic heterocycles. The molecule has 0 spiro atoms. The third-order valence-corrected chi connectivity index (χ3v) is 4.00. The van der Waals surface area contributed by atoms with Crippen LogP contribution in [0.2, 0.25) is 0 Å². The first-order chi connectivity index (χ1) is 12.3. The predicted molar refractivity (Wildman–Crippen MR) is 87.2 cm³/mol. The number of benzene rings is 1. The van der Waals surface area contributed by atoms with Gasteiger partial charge in [-0.15, -0.1) is 0 Å². The van der Waals surface area contributed by atoms with E-state index < -0.39 is 29.0 Å². The van der Waals surface area contributed by atoms with Crippen LogP contribution in [0.25, 0.3) is 0 Å². The van der Waals surface area contributed by atoms with Crippen LogP contribution < -0.4 is 15.8 Å². The van der Waals surface area contributed by atoms with Crippen LogP contribution in [0.1, 0.15) is 23.3 Å². The molecule has 4 N–H and O–H groups in total. The second-order valence-corrected chi connectivity index (χ2v) is 5.83. The molecule has 2 amide bonds. The number of carbonyl (C=O) groups excluding carboxylic acids is 2. The van der Waals surface area contributed by atoms with E-state index in [0.29, 0.717) is 0 Å². The van der Waals surface area contributed by atoms with Crippen molar-refractivity contribution < 1.29 is 28.6 Å². The number of aromatic nitrogens is 1. The number of nitrogens with zero attached hydrogens (tertiary/aromatic N) is 1. The first-order valence-corrected chi connectivity index (χ1v) is 7.60. The lowest BCUT2D eigenvalue weighted by atomic mass is 10.1. The van der Waals surface area contributed by atoms with Gasteiger partial charge in [-0.25, -0.2) is 4.39 Å². The van der Waals surface area contributed by atoms with Gasteiger partial charge >= 0.3 is 5.97 Å². The molecule has 1 aliphatic carbocycles. The summed E-state index contributed by atoms with van der Waals surface area (Å²) in [6, 6.07) is 6.45. The van der Waals surface area contributed by atoms with Crippen LogP contribution in [0.15, 0.2) is 36.5 Å². The zero-order valence-electron chi connectivity index (χ0n) is 13.4. The Morgan fingerprint density at radius 3 is 2.46 bits per heavy atom. The number of hydrogen-bond donors (Lipinski definition) is 3. The van der Waals surface area contributed by atoms with Crippen molar-refractivity contribution in [2.45, 2.75) is 12.8 Å². The van der Waals surface area contributed by atoms with E-state index >= 15 is 0 Å². The summed E-state index contributed by atoms with van der Waals surface area (Å²) in [6.45, 7) is 0. The summed E-state index contributed by atoms with van der Waals surface area (Å²) in [5.41, 5.74) is 3.51. The van der Waals surface area contributed by atoms with E-state index in [2.05, 4.69) is 10.3 Å². The molecule has 1 aliphatic rings. The third-order valence-electron chi connectivity index (χ3n) is 4.00. The van der Waals surface area contributed by atoms with Gasteiger partial charge in [-0.3, -0.25) is 19.4 Å². The lowest BCUT2D eigenvalue weighted by molar-refractivity contribution is -0.147. The number of carboxylic acid groups (broad SMARTS) is 1. The van der Waals surface area contributed by atoms with Gasteiger partial charge in [0, 0.05) is 18.3 Å². The van der Waals surface area contributed by atoms with Gasteiger partial charge in [0.25, 0.3) is 5.91 Å². The molecule has 1 heterocycles. The summed E-state index contributed by atoms with van der Waals surface area (Å²) in [7, 11) is 0. The molecule has 9 heteroatoms. The van der Waals surface area contributed by atoms with Crippen molar-refractivity contribution in [3.8, 4) is 11.5 Å². The Morgan fingerprint density at radius 2 is 1.88 bits per heavy atom. The van der Waals surface area contributed by atoms with E-state index in [1.807, 2.05) is 0 Å². The summed E-state index contributed by atoms with van der Waals surface area (Å²) in [4.78, 5) is 38.0. The molecule has 2 aromatic rings. The van der Waals surface area contributed by atoms with Gasteiger partial charge in [-0.1, -0.05) is 0 Å². The number of amides is 2. The number of aliphatic carboxylic acids is 1. The first kappa shape index (κ1) is 17.3. The average Bonchev–Trinajstić information content (AvgIpc) is 3.39. The number of ether oxygens (including phenoxy) is 1. The topological polar surface area (TPSA) is 132 Å². The summed E-state index contributed by atoms with van der Waals surface area (Å²) in [6.07, 6.45) is 1.77. The molecule has 26 heavy (non-hydrogen) atoms. The summed E-state index contributed by atoms with van der Waals surface area (Å²) in [5, 5.41) is 11.4. The molecule has 0 unspecified atom stereocenters. The lowest BCUT2D eigenvalue weighted by Gasteiger charge is -2.12. The van der Waals surface area contributed by atoms with Crippen LogP contribution >= 0.6 is 0 Å². The van der Waals surface area contributed by atoms with Crippen LogP contribution in [-0.2, 0) is 9.59 Å². The van der Waals surface area contributed by atoms with Gasteiger partial charge in [0.2, 0.25) is 5.91 Å². The van der Waals surface area contributed by atoms with Crippen molar-refractivity contribution in [2.75, 3.05) is 5.32 Å². The minimum atomic E-state index is -1.47. The molecule has 0 atom stereocenters. The zero-order valence-corrected chi connectivity index (χ0v) is 13.4. The quantitative estimate of drug-likeness (QED) is 0.675. The maximum atomic E-state index is 14.2. The lowest BCUT2D eigenvalue weighted by Crippen LogP contribution is -2.31. The Labute approximate surface area is 146 Å². The van der Waals surface area contributed by atoms with Crippen LogP contribution in [-0.4, -0.2) is 27.9 Å². The van der Waals surface area contributed by atoms with Crippen molar-refractivity contribution in [3.63, 3.8) is 0 Å². The first-order valence-electron chi connectivity index (χ1n) is 7.60. The maximum Gasteiger partial charge on any atom is 0.319 e. The van der Waals surface area contributed by atoms with Crippen LogP contribution in [0.5, 0.6) is 11.5 Å². The molecular formula is C17H14FN3O5. The Kier molecular flexibility index (Phi) is 4.29. The van der Waals surface area contributed by atoms with E-state index in [1.165, 1.54) is 30.5 Å². The molecule has 3 rings (SSSR count). The van der Waals surface area contributed by atoms with Crippen molar-refractivity contribution >= 4 is 23.5 Å². The summed E-state index contributed by atoms with van der Waals surface area (Å²) in [5.74, 6) is -3.15. The van der Waals surface area contributed by atoms with Gasteiger partial charge in [-0.2, -0.15) is 0 Å². The second kappa shape index (κ2) is 6.43. The average molecular weight is 359 g/mol. The zero-order chi connectivity index (χ0) is 18.9. The molecule has 1 fully saturated rings. The number of rotatable bonds is 6. The molecule has 0 saturated heterocycles. The largest absolute Gasteiger partial charge is 0.480 e. The number of hydrogen-bond acceptors (Lipinski definition) is 5. The molecule has 0 aliphatic heterocycles. The number of nitrogens with two attached hydrogens (primary N) is 1. The van der Waals surface area contributed by atoms with Gasteiger partial charge in [-0.05, 0) is 31.0 Å². The van der Waals surface area contributed by atoms with Crippen molar-refractivity contribution in [3.05, 3.63) is 48.0 Å². The van der Waals surface area contributed by atoms with Gasteiger partial charge in [0.05, 0.1) is 5.69 Å². The summed E-state index contributed by atoms with van der Waals surface area (Å²) < 4.78 is 19.6. The highest BCUT2D eigenvalue weighted by molar-refractivity contribution is 6.10. The number of primary amides is 1. The monoisotopic (exact) mass is 359 g/mol.